The zero-order valence-corrected chi connectivity index (χ0v) is 21.5. The van der Waals surface area contributed by atoms with Crippen molar-refractivity contribution < 1.29 is 17.9 Å². The van der Waals surface area contributed by atoms with Gasteiger partial charge in [0.25, 0.3) is 5.91 Å². The van der Waals surface area contributed by atoms with Gasteiger partial charge in [0.1, 0.15) is 5.75 Å². The number of anilines is 1. The zero-order valence-electron chi connectivity index (χ0n) is 19.9. The van der Waals surface area contributed by atoms with E-state index in [-0.39, 0.29) is 15.9 Å². The fraction of sp³-hybridized carbons (Fsp3) is 0.259. The Morgan fingerprint density at radius 2 is 1.64 bits per heavy atom. The van der Waals surface area contributed by atoms with Crippen molar-refractivity contribution in [3.05, 3.63) is 90.0 Å². The third kappa shape index (κ3) is 6.90. The Kier molecular flexibility index (Phi) is 8.69. The van der Waals surface area contributed by atoms with Gasteiger partial charge in [-0.25, -0.2) is 8.42 Å². The first kappa shape index (κ1) is 25.8. The van der Waals surface area contributed by atoms with Crippen LogP contribution in [0.3, 0.4) is 0 Å². The van der Waals surface area contributed by atoms with Crippen molar-refractivity contribution in [1.82, 2.24) is 9.62 Å². The average molecular weight is 524 g/mol. The highest BCUT2D eigenvalue weighted by Crippen LogP contribution is 2.22. The highest BCUT2D eigenvalue weighted by molar-refractivity contribution is 7.89. The number of piperidine rings is 1. The van der Waals surface area contributed by atoms with E-state index in [0.717, 1.165) is 25.7 Å². The molecule has 0 aromatic heterocycles. The van der Waals surface area contributed by atoms with Gasteiger partial charge in [0.15, 0.2) is 5.11 Å². The second-order valence-corrected chi connectivity index (χ2v) is 10.9. The van der Waals surface area contributed by atoms with Gasteiger partial charge in [0.05, 0.1) is 11.5 Å². The minimum Gasteiger partial charge on any atom is -0.493 e. The van der Waals surface area contributed by atoms with Crippen molar-refractivity contribution in [3.63, 3.8) is 0 Å². The van der Waals surface area contributed by atoms with Gasteiger partial charge in [-0.2, -0.15) is 4.31 Å². The summed E-state index contributed by atoms with van der Waals surface area (Å²) in [6.07, 6.45) is 3.60. The summed E-state index contributed by atoms with van der Waals surface area (Å²) in [5.74, 6) is 0.230. The van der Waals surface area contributed by atoms with Crippen LogP contribution in [-0.2, 0) is 16.4 Å². The highest BCUT2D eigenvalue weighted by Gasteiger charge is 2.25. The molecule has 0 spiro atoms. The van der Waals surface area contributed by atoms with Crippen molar-refractivity contribution in [1.29, 1.82) is 0 Å². The molecule has 0 unspecified atom stereocenters. The maximum absolute atomic E-state index is 12.8. The van der Waals surface area contributed by atoms with Crippen molar-refractivity contribution in [2.75, 3.05) is 25.0 Å². The van der Waals surface area contributed by atoms with Gasteiger partial charge in [-0.1, -0.05) is 42.8 Å². The highest BCUT2D eigenvalue weighted by atomic mass is 32.2. The van der Waals surface area contributed by atoms with Gasteiger partial charge in [-0.05, 0) is 73.1 Å². The summed E-state index contributed by atoms with van der Waals surface area (Å²) in [6.45, 7) is 1.61. The van der Waals surface area contributed by atoms with Gasteiger partial charge in [0, 0.05) is 30.8 Å². The molecule has 2 N–H and O–H groups in total. The minimum absolute atomic E-state index is 0.113. The molecule has 0 saturated carbocycles. The predicted molar refractivity (Wildman–Crippen MR) is 145 cm³/mol. The SMILES string of the molecule is O=C(NC(=S)Nc1ccc(S(=O)(=O)N2CCCCC2)cc1)c1cccc(OCCc2ccccc2)c1. The van der Waals surface area contributed by atoms with E-state index in [0.29, 0.717) is 36.7 Å². The number of rotatable bonds is 8. The lowest BCUT2D eigenvalue weighted by atomic mass is 10.2. The maximum Gasteiger partial charge on any atom is 0.257 e. The fourth-order valence-corrected chi connectivity index (χ4v) is 5.69. The fourth-order valence-electron chi connectivity index (χ4n) is 3.96. The van der Waals surface area contributed by atoms with Crippen LogP contribution in [0.2, 0.25) is 0 Å². The molecule has 4 rings (SSSR count). The molecule has 9 heteroatoms. The number of nitrogens with one attached hydrogen (secondary N) is 2. The molecule has 1 aliphatic heterocycles. The van der Waals surface area contributed by atoms with Crippen LogP contribution < -0.4 is 15.4 Å². The quantitative estimate of drug-likeness (QED) is 0.420. The molecule has 7 nitrogen and oxygen atoms in total. The number of hydrogen-bond acceptors (Lipinski definition) is 5. The van der Waals surface area contributed by atoms with Gasteiger partial charge in [-0.3, -0.25) is 10.1 Å². The number of carbonyl (C=O) groups is 1. The lowest BCUT2D eigenvalue weighted by Crippen LogP contribution is -2.35. The lowest BCUT2D eigenvalue weighted by molar-refractivity contribution is 0.0977. The number of carbonyl (C=O) groups excluding carboxylic acids is 1. The van der Waals surface area contributed by atoms with Crippen molar-refractivity contribution in [3.8, 4) is 5.75 Å². The summed E-state index contributed by atoms with van der Waals surface area (Å²) in [5.41, 5.74) is 2.18. The first-order chi connectivity index (χ1) is 17.4. The number of ether oxygens (including phenoxy) is 1. The van der Waals surface area contributed by atoms with E-state index in [9.17, 15) is 13.2 Å². The molecular weight excluding hydrogens is 494 g/mol. The van der Waals surface area contributed by atoms with Gasteiger partial charge in [-0.15, -0.1) is 0 Å². The third-order valence-electron chi connectivity index (χ3n) is 5.89. The smallest absolute Gasteiger partial charge is 0.257 e. The Morgan fingerprint density at radius 3 is 2.36 bits per heavy atom. The van der Waals surface area contributed by atoms with Crippen molar-refractivity contribution in [2.24, 2.45) is 0 Å². The van der Waals surface area contributed by atoms with Crippen LogP contribution in [0.15, 0.2) is 83.8 Å². The molecule has 0 bridgehead atoms. The Balaban J connectivity index is 1.29. The van der Waals surface area contributed by atoms with Gasteiger partial charge in [0.2, 0.25) is 10.0 Å². The molecule has 36 heavy (non-hydrogen) atoms. The first-order valence-corrected chi connectivity index (χ1v) is 13.8. The molecule has 1 fully saturated rings. The zero-order chi connectivity index (χ0) is 25.4. The van der Waals surface area contributed by atoms with Gasteiger partial charge >= 0.3 is 0 Å². The summed E-state index contributed by atoms with van der Waals surface area (Å²) in [6, 6.07) is 23.3. The molecule has 188 valence electrons. The van der Waals surface area contributed by atoms with E-state index in [1.54, 1.807) is 48.5 Å². The summed E-state index contributed by atoms with van der Waals surface area (Å²) >= 11 is 5.28. The molecule has 3 aromatic rings. The topological polar surface area (TPSA) is 87.7 Å². The van der Waals surface area contributed by atoms with Gasteiger partial charge < -0.3 is 10.1 Å². The molecule has 0 aliphatic carbocycles. The normalized spacial score (nSPS) is 14.1. The molecule has 1 aliphatic rings. The van der Waals surface area contributed by atoms with Crippen LogP contribution >= 0.6 is 12.2 Å². The Morgan fingerprint density at radius 1 is 0.917 bits per heavy atom. The first-order valence-electron chi connectivity index (χ1n) is 11.9. The number of amides is 1. The summed E-state index contributed by atoms with van der Waals surface area (Å²) < 4.78 is 32.9. The number of hydrogen-bond donors (Lipinski definition) is 2. The molecule has 1 saturated heterocycles. The number of nitrogens with zero attached hydrogens (tertiary/aromatic N) is 1. The average Bonchev–Trinajstić information content (AvgIpc) is 2.90. The molecule has 3 aromatic carbocycles. The van der Waals surface area contributed by atoms with Crippen molar-refractivity contribution >= 4 is 38.9 Å². The van der Waals surface area contributed by atoms with E-state index in [1.165, 1.54) is 9.87 Å². The van der Waals surface area contributed by atoms with E-state index < -0.39 is 10.0 Å². The Bertz CT molecular complexity index is 1290. The van der Waals surface area contributed by atoms with E-state index in [4.69, 9.17) is 17.0 Å². The number of thiocarbonyl (C=S) groups is 1. The van der Waals surface area contributed by atoms with Crippen molar-refractivity contribution in [2.45, 2.75) is 30.6 Å². The standard InChI is InChI=1S/C27H29N3O4S2/c31-26(22-10-7-11-24(20-22)34-19-16-21-8-3-1-4-9-21)29-27(35)28-23-12-14-25(15-13-23)36(32,33)30-17-5-2-6-18-30/h1,3-4,7-15,20H,2,5-6,16-19H2,(H2,28,29,31,35). The van der Waals surface area contributed by atoms with Crippen LogP contribution in [0, 0.1) is 0 Å². The van der Waals surface area contributed by atoms with Crippen LogP contribution in [0.5, 0.6) is 5.75 Å². The molecule has 0 atom stereocenters. The summed E-state index contributed by atoms with van der Waals surface area (Å²) in [4.78, 5) is 12.9. The number of sulfonamides is 1. The molecule has 1 heterocycles. The minimum atomic E-state index is -3.50. The summed E-state index contributed by atoms with van der Waals surface area (Å²) in [7, 11) is -3.50. The maximum atomic E-state index is 12.8. The summed E-state index contributed by atoms with van der Waals surface area (Å²) in [5, 5.41) is 5.69. The number of benzene rings is 3. The third-order valence-corrected chi connectivity index (χ3v) is 8.01. The van der Waals surface area contributed by atoms with E-state index in [2.05, 4.69) is 10.6 Å². The van der Waals surface area contributed by atoms with E-state index in [1.807, 2.05) is 30.3 Å². The predicted octanol–water partition coefficient (Wildman–Crippen LogP) is 4.61. The monoisotopic (exact) mass is 523 g/mol. The Labute approximate surface area is 217 Å². The van der Waals surface area contributed by atoms with Crippen LogP contribution in [-0.4, -0.2) is 43.4 Å². The molecular formula is C27H29N3O4S2. The van der Waals surface area contributed by atoms with Crippen LogP contribution in [0.1, 0.15) is 35.2 Å². The van der Waals surface area contributed by atoms with Crippen LogP contribution in [0.4, 0.5) is 5.69 Å². The second-order valence-electron chi connectivity index (χ2n) is 8.51. The molecule has 1 amide bonds. The molecule has 0 radical (unpaired) electrons. The Hall–Kier alpha value is -3.27. The van der Waals surface area contributed by atoms with E-state index >= 15 is 0 Å². The largest absolute Gasteiger partial charge is 0.493 e. The second kappa shape index (κ2) is 12.1. The lowest BCUT2D eigenvalue weighted by Gasteiger charge is -2.25. The van der Waals surface area contributed by atoms with Crippen LogP contribution in [0.25, 0.3) is 0 Å².